The second-order valence-electron chi connectivity index (χ2n) is 8.34. The van der Waals surface area contributed by atoms with Crippen LogP contribution < -0.4 is 4.90 Å². The van der Waals surface area contributed by atoms with Crippen molar-refractivity contribution < 1.29 is 19.8 Å². The lowest BCUT2D eigenvalue weighted by atomic mass is 10.0. The molecule has 3 aromatic rings. The zero-order valence-corrected chi connectivity index (χ0v) is 17.8. The number of rotatable bonds is 4. The molecule has 0 spiro atoms. The molecule has 8 nitrogen and oxygen atoms in total. The van der Waals surface area contributed by atoms with E-state index in [4.69, 9.17) is 15.2 Å². The number of H-pyrrole nitrogens is 1. The van der Waals surface area contributed by atoms with Gasteiger partial charge in [0.2, 0.25) is 0 Å². The van der Waals surface area contributed by atoms with Crippen LogP contribution in [-0.2, 0) is 9.59 Å². The van der Waals surface area contributed by atoms with Gasteiger partial charge in [0, 0.05) is 61.8 Å². The van der Waals surface area contributed by atoms with Gasteiger partial charge in [0.25, 0.3) is 0 Å². The summed E-state index contributed by atoms with van der Waals surface area (Å²) in [6.07, 6.45) is 5.12. The molecule has 8 heteroatoms. The van der Waals surface area contributed by atoms with Crippen LogP contribution in [0.1, 0.15) is 0 Å². The molecule has 166 valence electrons. The smallest absolute Gasteiger partial charge is 0.328 e. The van der Waals surface area contributed by atoms with Gasteiger partial charge in [-0.05, 0) is 60.2 Å². The zero-order valence-electron chi connectivity index (χ0n) is 17.8. The van der Waals surface area contributed by atoms with E-state index in [2.05, 4.69) is 58.2 Å². The lowest BCUT2D eigenvalue weighted by Gasteiger charge is -2.20. The lowest BCUT2D eigenvalue weighted by Crippen LogP contribution is -2.27. The molecular formula is C24H26N4O4. The molecule has 2 atom stereocenters. The maximum atomic E-state index is 9.55. The summed E-state index contributed by atoms with van der Waals surface area (Å²) in [5.41, 5.74) is 3.58. The van der Waals surface area contributed by atoms with Crippen molar-refractivity contribution in [1.82, 2.24) is 14.9 Å². The number of nitrogens with one attached hydrogen (secondary N) is 1. The molecule has 3 N–H and O–H groups in total. The van der Waals surface area contributed by atoms with Crippen molar-refractivity contribution in [2.45, 2.75) is 0 Å². The van der Waals surface area contributed by atoms with Crippen molar-refractivity contribution in [2.24, 2.45) is 11.8 Å². The molecule has 0 radical (unpaired) electrons. The molecule has 1 aromatic carbocycles. The fourth-order valence-corrected chi connectivity index (χ4v) is 4.53. The molecule has 0 amide bonds. The Morgan fingerprint density at radius 1 is 0.969 bits per heavy atom. The van der Waals surface area contributed by atoms with Gasteiger partial charge in [0.15, 0.2) is 0 Å². The molecule has 2 saturated heterocycles. The van der Waals surface area contributed by atoms with E-state index < -0.39 is 11.9 Å². The fourth-order valence-electron chi connectivity index (χ4n) is 4.53. The van der Waals surface area contributed by atoms with E-state index in [1.165, 1.54) is 35.1 Å². The van der Waals surface area contributed by atoms with Crippen LogP contribution in [0.5, 0.6) is 0 Å². The average molecular weight is 434 g/mol. The third-order valence-corrected chi connectivity index (χ3v) is 6.00. The van der Waals surface area contributed by atoms with E-state index in [0.29, 0.717) is 12.2 Å². The number of carbonyl (C=O) groups is 2. The molecule has 4 heterocycles. The van der Waals surface area contributed by atoms with Gasteiger partial charge in [0.05, 0.1) is 0 Å². The van der Waals surface area contributed by atoms with E-state index in [0.717, 1.165) is 30.7 Å². The fraction of sp³-hybridized carbons (Fsp3) is 0.292. The number of carboxylic acids is 2. The van der Waals surface area contributed by atoms with Gasteiger partial charge < -0.3 is 25.0 Å². The van der Waals surface area contributed by atoms with Gasteiger partial charge in [-0.3, -0.25) is 0 Å². The molecule has 0 bridgehead atoms. The van der Waals surface area contributed by atoms with Crippen LogP contribution in [0.4, 0.5) is 5.82 Å². The standard InChI is InChI=1S/C20H22N4.C4H4O4/c1-23-10-17-12-24(13-18(17)11-23)20-5-3-16(9-22-20)14-2-4-19-15(8-14)6-7-21-19;5-3(6)1-2-4(7)8/h2-9,17-18,21H,10-13H2,1H3;1-2H,(H,5,6)(H,7,8)/b;2-1+. The first-order chi connectivity index (χ1) is 15.4. The highest BCUT2D eigenvalue weighted by atomic mass is 16.4. The summed E-state index contributed by atoms with van der Waals surface area (Å²) >= 11 is 0. The number of aliphatic carboxylic acids is 2. The maximum absolute atomic E-state index is 9.55. The maximum Gasteiger partial charge on any atom is 0.328 e. The Morgan fingerprint density at radius 3 is 2.22 bits per heavy atom. The molecule has 2 unspecified atom stereocenters. The summed E-state index contributed by atoms with van der Waals surface area (Å²) in [6, 6.07) is 13.0. The van der Waals surface area contributed by atoms with Crippen LogP contribution in [-0.4, -0.2) is 70.2 Å². The van der Waals surface area contributed by atoms with Crippen LogP contribution in [0.2, 0.25) is 0 Å². The molecule has 0 aliphatic carbocycles. The van der Waals surface area contributed by atoms with Gasteiger partial charge in [-0.2, -0.15) is 0 Å². The van der Waals surface area contributed by atoms with Gasteiger partial charge >= 0.3 is 11.9 Å². The second-order valence-corrected chi connectivity index (χ2v) is 8.34. The molecule has 2 aliphatic heterocycles. The number of pyridine rings is 1. The Morgan fingerprint density at radius 2 is 1.62 bits per heavy atom. The summed E-state index contributed by atoms with van der Waals surface area (Å²) < 4.78 is 0. The Kier molecular flexibility index (Phi) is 6.23. The molecule has 32 heavy (non-hydrogen) atoms. The highest BCUT2D eigenvalue weighted by molar-refractivity contribution is 5.89. The van der Waals surface area contributed by atoms with Crippen molar-refractivity contribution in [1.29, 1.82) is 0 Å². The van der Waals surface area contributed by atoms with Crippen LogP contribution in [0.25, 0.3) is 22.0 Å². The second kappa shape index (κ2) is 9.23. The lowest BCUT2D eigenvalue weighted by molar-refractivity contribution is -0.134. The minimum Gasteiger partial charge on any atom is -0.478 e. The van der Waals surface area contributed by atoms with E-state index in [1.54, 1.807) is 0 Å². The first kappa shape index (κ1) is 21.6. The quantitative estimate of drug-likeness (QED) is 0.542. The van der Waals surface area contributed by atoms with Crippen molar-refractivity contribution in [3.8, 4) is 11.1 Å². The Bertz CT molecular complexity index is 1110. The van der Waals surface area contributed by atoms with Crippen molar-refractivity contribution >= 4 is 28.7 Å². The van der Waals surface area contributed by atoms with Crippen LogP contribution >= 0.6 is 0 Å². The number of aromatic nitrogens is 2. The van der Waals surface area contributed by atoms with Crippen molar-refractivity contribution in [3.05, 3.63) is 60.9 Å². The largest absolute Gasteiger partial charge is 0.478 e. The highest BCUT2D eigenvalue weighted by Crippen LogP contribution is 2.33. The molecule has 5 rings (SSSR count). The summed E-state index contributed by atoms with van der Waals surface area (Å²) in [6.45, 7) is 4.76. The number of nitrogens with zero attached hydrogens (tertiary/aromatic N) is 3. The number of fused-ring (bicyclic) bond motifs is 2. The predicted molar refractivity (Wildman–Crippen MR) is 123 cm³/mol. The van der Waals surface area contributed by atoms with Crippen molar-refractivity contribution in [3.63, 3.8) is 0 Å². The monoisotopic (exact) mass is 434 g/mol. The third-order valence-electron chi connectivity index (χ3n) is 6.00. The van der Waals surface area contributed by atoms with E-state index >= 15 is 0 Å². The zero-order chi connectivity index (χ0) is 22.7. The molecule has 2 aliphatic rings. The van der Waals surface area contributed by atoms with Crippen molar-refractivity contribution in [2.75, 3.05) is 38.1 Å². The van der Waals surface area contributed by atoms with Crippen LogP contribution in [0, 0.1) is 11.8 Å². The number of likely N-dealkylation sites (tertiary alicyclic amines) is 1. The molecule has 2 aromatic heterocycles. The van der Waals surface area contributed by atoms with E-state index in [-0.39, 0.29) is 0 Å². The van der Waals surface area contributed by atoms with Gasteiger partial charge in [-0.25, -0.2) is 14.6 Å². The minimum atomic E-state index is -1.26. The number of carboxylic acid groups (broad SMARTS) is 2. The summed E-state index contributed by atoms with van der Waals surface area (Å²) in [5.74, 6) is 0.235. The Balaban J connectivity index is 0.000000265. The Hall–Kier alpha value is -3.65. The molecular weight excluding hydrogens is 408 g/mol. The summed E-state index contributed by atoms with van der Waals surface area (Å²) in [7, 11) is 2.23. The molecule has 0 saturated carbocycles. The van der Waals surface area contributed by atoms with Gasteiger partial charge in [0.1, 0.15) is 5.82 Å². The normalized spacial score (nSPS) is 20.3. The van der Waals surface area contributed by atoms with E-state index in [1.807, 2.05) is 12.4 Å². The summed E-state index contributed by atoms with van der Waals surface area (Å²) in [5, 5.41) is 16.9. The number of aromatic amines is 1. The number of hydrogen-bond donors (Lipinski definition) is 3. The van der Waals surface area contributed by atoms with Gasteiger partial charge in [-0.1, -0.05) is 6.07 Å². The number of benzene rings is 1. The Labute approximate surface area is 185 Å². The minimum absolute atomic E-state index is 0.558. The predicted octanol–water partition coefficient (Wildman–Crippen LogP) is 2.94. The first-order valence-corrected chi connectivity index (χ1v) is 10.5. The third kappa shape index (κ3) is 4.97. The van der Waals surface area contributed by atoms with Crippen LogP contribution in [0.15, 0.2) is 60.9 Å². The SMILES string of the molecule is CN1CC2CN(c3ccc(-c4ccc5[nH]ccc5c4)cn3)CC2C1.O=C(O)/C=C/C(=O)O. The topological polar surface area (TPSA) is 110 Å². The summed E-state index contributed by atoms with van der Waals surface area (Å²) in [4.78, 5) is 32.0. The highest BCUT2D eigenvalue weighted by Gasteiger charge is 2.38. The number of hydrogen-bond acceptors (Lipinski definition) is 5. The van der Waals surface area contributed by atoms with E-state index in [9.17, 15) is 9.59 Å². The average Bonchev–Trinajstić information content (AvgIpc) is 3.47. The molecule has 2 fully saturated rings. The van der Waals surface area contributed by atoms with Gasteiger partial charge in [-0.15, -0.1) is 0 Å². The van der Waals surface area contributed by atoms with Crippen LogP contribution in [0.3, 0.4) is 0 Å². The number of anilines is 1. The first-order valence-electron chi connectivity index (χ1n) is 10.5.